The second-order valence-corrected chi connectivity index (χ2v) is 4.36. The van der Waals surface area contributed by atoms with Gasteiger partial charge in [-0.2, -0.15) is 4.98 Å². The molecule has 1 rings (SSSR count). The second-order valence-electron chi connectivity index (χ2n) is 4.36. The lowest BCUT2D eigenvalue weighted by Gasteiger charge is -2.24. The molecule has 0 amide bonds. The van der Waals surface area contributed by atoms with Gasteiger partial charge in [-0.15, -0.1) is 0 Å². The minimum Gasteiger partial charge on any atom is -0.351 e. The van der Waals surface area contributed by atoms with Gasteiger partial charge in [-0.3, -0.25) is 15.5 Å². The molecule has 1 aromatic heterocycles. The average molecular weight is 268 g/mol. The Morgan fingerprint density at radius 3 is 2.74 bits per heavy atom. The summed E-state index contributed by atoms with van der Waals surface area (Å²) in [6.45, 7) is 7.45. The number of nitrogens with one attached hydrogen (secondary N) is 1. The van der Waals surface area contributed by atoms with Gasteiger partial charge in [0, 0.05) is 13.1 Å². The summed E-state index contributed by atoms with van der Waals surface area (Å²) in [6, 6.07) is 0. The maximum absolute atomic E-state index is 11.0. The fourth-order valence-electron chi connectivity index (χ4n) is 1.67. The molecule has 0 aliphatic carbocycles. The Kier molecular flexibility index (Phi) is 5.43. The molecule has 0 bridgehead atoms. The van der Waals surface area contributed by atoms with Gasteiger partial charge in [0.25, 0.3) is 0 Å². The molecule has 8 heteroatoms. The van der Waals surface area contributed by atoms with E-state index in [9.17, 15) is 10.1 Å². The van der Waals surface area contributed by atoms with Crippen LogP contribution in [0.4, 0.5) is 17.5 Å². The number of rotatable bonds is 7. The maximum atomic E-state index is 11.0. The van der Waals surface area contributed by atoms with E-state index in [1.54, 1.807) is 0 Å². The zero-order valence-electron chi connectivity index (χ0n) is 11.5. The lowest BCUT2D eigenvalue weighted by Crippen LogP contribution is -2.30. The third-order valence-corrected chi connectivity index (χ3v) is 2.99. The third kappa shape index (κ3) is 3.75. The minimum atomic E-state index is -0.477. The number of nitrogens with two attached hydrogens (primary N) is 1. The highest BCUT2D eigenvalue weighted by Crippen LogP contribution is 2.26. The Bertz CT molecular complexity index is 439. The van der Waals surface area contributed by atoms with Crippen LogP contribution in [0, 0.1) is 16.0 Å². The van der Waals surface area contributed by atoms with Gasteiger partial charge in [0.05, 0.1) is 4.92 Å². The van der Waals surface area contributed by atoms with Crippen molar-refractivity contribution in [3.05, 3.63) is 16.3 Å². The first-order chi connectivity index (χ1) is 9.03. The number of nitrogen functional groups attached to an aromatic ring is 1. The fourth-order valence-corrected chi connectivity index (χ4v) is 1.67. The Labute approximate surface area is 112 Å². The van der Waals surface area contributed by atoms with E-state index in [2.05, 4.69) is 29.2 Å². The standard InChI is InChI=1S/C11H20N6O2/c1-4-8(3)7-16(5-2)10-9(17(18)19)6-13-11(14-10)15-12/h6,8H,4-5,7,12H2,1-3H3,(H,13,14,15). The van der Waals surface area contributed by atoms with Crippen LogP contribution in [0.5, 0.6) is 0 Å². The first-order valence-corrected chi connectivity index (χ1v) is 6.26. The zero-order valence-corrected chi connectivity index (χ0v) is 11.5. The smallest absolute Gasteiger partial charge is 0.329 e. The minimum absolute atomic E-state index is 0.107. The van der Waals surface area contributed by atoms with Crippen molar-refractivity contribution >= 4 is 17.5 Å². The molecule has 3 N–H and O–H groups in total. The van der Waals surface area contributed by atoms with Gasteiger partial charge < -0.3 is 4.90 Å². The molecule has 1 unspecified atom stereocenters. The van der Waals surface area contributed by atoms with Crippen molar-refractivity contribution in [2.24, 2.45) is 11.8 Å². The normalized spacial score (nSPS) is 12.0. The van der Waals surface area contributed by atoms with Crippen LogP contribution in [0.15, 0.2) is 6.20 Å². The lowest BCUT2D eigenvalue weighted by molar-refractivity contribution is -0.384. The predicted octanol–water partition coefficient (Wildman–Crippen LogP) is 1.54. The van der Waals surface area contributed by atoms with Crippen LogP contribution in [0.25, 0.3) is 0 Å². The average Bonchev–Trinajstić information content (AvgIpc) is 2.43. The number of hydrogen-bond acceptors (Lipinski definition) is 7. The van der Waals surface area contributed by atoms with Crippen molar-refractivity contribution in [3.63, 3.8) is 0 Å². The molecule has 106 valence electrons. The van der Waals surface area contributed by atoms with Crippen LogP contribution in [0.2, 0.25) is 0 Å². The number of nitro groups is 1. The molecule has 0 aliphatic rings. The molecule has 0 aliphatic heterocycles. The molecule has 1 heterocycles. The molecule has 1 aromatic rings. The summed E-state index contributed by atoms with van der Waals surface area (Å²) in [4.78, 5) is 20.3. The molecular formula is C11H20N6O2. The van der Waals surface area contributed by atoms with E-state index < -0.39 is 4.92 Å². The Balaban J connectivity index is 3.15. The quantitative estimate of drug-likeness (QED) is 0.438. The third-order valence-electron chi connectivity index (χ3n) is 2.99. The van der Waals surface area contributed by atoms with Crippen LogP contribution < -0.4 is 16.2 Å². The summed E-state index contributed by atoms with van der Waals surface area (Å²) >= 11 is 0. The molecule has 0 radical (unpaired) electrons. The second kappa shape index (κ2) is 6.83. The number of hydrogen-bond donors (Lipinski definition) is 2. The number of hydrazine groups is 1. The maximum Gasteiger partial charge on any atom is 0.329 e. The molecule has 8 nitrogen and oxygen atoms in total. The molecule has 1 atom stereocenters. The van der Waals surface area contributed by atoms with Gasteiger partial charge >= 0.3 is 5.69 Å². The zero-order chi connectivity index (χ0) is 14.4. The summed E-state index contributed by atoms with van der Waals surface area (Å²) in [7, 11) is 0. The van der Waals surface area contributed by atoms with Crippen LogP contribution in [0.3, 0.4) is 0 Å². The number of nitrogens with zero attached hydrogens (tertiary/aromatic N) is 4. The highest BCUT2D eigenvalue weighted by Gasteiger charge is 2.22. The Hall–Kier alpha value is -1.96. The summed E-state index contributed by atoms with van der Waals surface area (Å²) in [5.74, 6) is 6.14. The van der Waals surface area contributed by atoms with Crippen molar-refractivity contribution < 1.29 is 4.92 Å². The predicted molar refractivity (Wildman–Crippen MR) is 73.8 cm³/mol. The van der Waals surface area contributed by atoms with Crippen molar-refractivity contribution in [1.82, 2.24) is 9.97 Å². The SMILES string of the molecule is CCC(C)CN(CC)c1nc(NN)ncc1[N+](=O)[O-]. The van der Waals surface area contributed by atoms with Crippen molar-refractivity contribution in [1.29, 1.82) is 0 Å². The van der Waals surface area contributed by atoms with E-state index >= 15 is 0 Å². The van der Waals surface area contributed by atoms with Crippen molar-refractivity contribution in [2.45, 2.75) is 27.2 Å². The van der Waals surface area contributed by atoms with Crippen LogP contribution in [-0.4, -0.2) is 28.0 Å². The molecular weight excluding hydrogens is 248 g/mol. The van der Waals surface area contributed by atoms with Gasteiger partial charge in [-0.1, -0.05) is 20.3 Å². The first kappa shape index (κ1) is 15.1. The van der Waals surface area contributed by atoms with Crippen LogP contribution in [-0.2, 0) is 0 Å². The van der Waals surface area contributed by atoms with Gasteiger partial charge in [0.2, 0.25) is 11.8 Å². The summed E-state index contributed by atoms with van der Waals surface area (Å²) < 4.78 is 0. The molecule has 0 saturated heterocycles. The van der Waals surface area contributed by atoms with E-state index in [1.807, 2.05) is 11.8 Å². The highest BCUT2D eigenvalue weighted by atomic mass is 16.6. The molecule has 0 spiro atoms. The number of anilines is 2. The van der Waals surface area contributed by atoms with Gasteiger partial charge in [-0.05, 0) is 12.8 Å². The molecule has 0 saturated carbocycles. The monoisotopic (exact) mass is 268 g/mol. The highest BCUT2D eigenvalue weighted by molar-refractivity contribution is 5.58. The van der Waals surface area contributed by atoms with Gasteiger partial charge in [0.15, 0.2) is 0 Å². The van der Waals surface area contributed by atoms with E-state index in [4.69, 9.17) is 5.84 Å². The fraction of sp³-hybridized carbons (Fsp3) is 0.636. The number of aromatic nitrogens is 2. The topological polar surface area (TPSA) is 110 Å². The molecule has 0 aromatic carbocycles. The van der Waals surface area contributed by atoms with Crippen LogP contribution in [0.1, 0.15) is 27.2 Å². The van der Waals surface area contributed by atoms with E-state index in [0.29, 0.717) is 24.8 Å². The molecule has 19 heavy (non-hydrogen) atoms. The largest absolute Gasteiger partial charge is 0.351 e. The van der Waals surface area contributed by atoms with Crippen molar-refractivity contribution in [2.75, 3.05) is 23.4 Å². The Morgan fingerprint density at radius 2 is 2.26 bits per heavy atom. The molecule has 0 fully saturated rings. The van der Waals surface area contributed by atoms with Crippen LogP contribution >= 0.6 is 0 Å². The summed E-state index contributed by atoms with van der Waals surface area (Å²) in [5.41, 5.74) is 2.20. The lowest BCUT2D eigenvalue weighted by atomic mass is 10.1. The van der Waals surface area contributed by atoms with E-state index in [0.717, 1.165) is 6.42 Å². The summed E-state index contributed by atoms with van der Waals surface area (Å²) in [5, 5.41) is 11.0. The van der Waals surface area contributed by atoms with E-state index in [-0.39, 0.29) is 11.6 Å². The van der Waals surface area contributed by atoms with Gasteiger partial charge in [0.1, 0.15) is 6.20 Å². The van der Waals surface area contributed by atoms with E-state index in [1.165, 1.54) is 6.20 Å². The Morgan fingerprint density at radius 1 is 1.58 bits per heavy atom. The first-order valence-electron chi connectivity index (χ1n) is 6.26. The van der Waals surface area contributed by atoms with Crippen molar-refractivity contribution in [3.8, 4) is 0 Å². The van der Waals surface area contributed by atoms with Gasteiger partial charge in [-0.25, -0.2) is 10.8 Å². The summed E-state index contributed by atoms with van der Waals surface area (Å²) in [6.07, 6.45) is 2.17.